The minimum atomic E-state index is -0.371. The van der Waals surface area contributed by atoms with Gasteiger partial charge in [0.25, 0.3) is 0 Å². The number of hydrogen-bond acceptors (Lipinski definition) is 3. The van der Waals surface area contributed by atoms with Gasteiger partial charge in [0.05, 0.1) is 12.8 Å². The van der Waals surface area contributed by atoms with Crippen LogP contribution in [0, 0.1) is 6.92 Å². The Morgan fingerprint density at radius 1 is 1.30 bits per heavy atom. The highest BCUT2D eigenvalue weighted by Crippen LogP contribution is 2.28. The van der Waals surface area contributed by atoms with Crippen molar-refractivity contribution >= 4 is 0 Å². The summed E-state index contributed by atoms with van der Waals surface area (Å²) in [6.45, 7) is 2.56. The Bertz CT molecular complexity index is 541. The highest BCUT2D eigenvalue weighted by molar-refractivity contribution is 5.30. The lowest BCUT2D eigenvalue weighted by atomic mass is 9.76. The van der Waals surface area contributed by atoms with Gasteiger partial charge in [0.1, 0.15) is 0 Å². The molecule has 1 atom stereocenters. The van der Waals surface area contributed by atoms with Gasteiger partial charge in [-0.15, -0.1) is 0 Å². The summed E-state index contributed by atoms with van der Waals surface area (Å²) in [5.74, 6) is 0. The van der Waals surface area contributed by atoms with E-state index in [1.54, 1.807) is 4.68 Å². The average Bonchev–Trinajstić information content (AvgIpc) is 2.88. The van der Waals surface area contributed by atoms with E-state index in [1.807, 2.05) is 19.4 Å². The fourth-order valence-corrected chi connectivity index (χ4v) is 2.49. The van der Waals surface area contributed by atoms with Crippen molar-refractivity contribution in [2.45, 2.75) is 25.2 Å². The minimum Gasteiger partial charge on any atom is -0.395 e. The van der Waals surface area contributed by atoms with Crippen molar-refractivity contribution < 1.29 is 5.11 Å². The summed E-state index contributed by atoms with van der Waals surface area (Å²) in [4.78, 5) is 0. The first kappa shape index (κ1) is 14.8. The molecule has 0 amide bonds. The number of benzene rings is 1. The molecule has 0 saturated carbocycles. The molecule has 0 aliphatic carbocycles. The Balaban J connectivity index is 2.18. The molecule has 2 rings (SSSR count). The molecule has 20 heavy (non-hydrogen) atoms. The van der Waals surface area contributed by atoms with E-state index in [0.717, 1.165) is 18.4 Å². The lowest BCUT2D eigenvalue weighted by Gasteiger charge is -2.31. The number of rotatable bonds is 6. The normalized spacial score (nSPS) is 14.2. The van der Waals surface area contributed by atoms with Crippen LogP contribution in [-0.2, 0) is 18.9 Å². The third-order valence-electron chi connectivity index (χ3n) is 4.01. The van der Waals surface area contributed by atoms with Gasteiger partial charge in [-0.05, 0) is 30.9 Å². The molecule has 1 heterocycles. The van der Waals surface area contributed by atoms with Gasteiger partial charge in [0.2, 0.25) is 0 Å². The van der Waals surface area contributed by atoms with Gasteiger partial charge in [-0.1, -0.05) is 29.8 Å². The maximum absolute atomic E-state index is 9.88. The van der Waals surface area contributed by atoms with E-state index in [9.17, 15) is 5.11 Å². The molecule has 0 spiro atoms. The van der Waals surface area contributed by atoms with Crippen LogP contribution >= 0.6 is 0 Å². The predicted octanol–water partition coefficient (Wildman–Crippen LogP) is 1.55. The Morgan fingerprint density at radius 2 is 2.00 bits per heavy atom. The van der Waals surface area contributed by atoms with Gasteiger partial charge in [-0.3, -0.25) is 4.68 Å². The first-order chi connectivity index (χ1) is 9.59. The van der Waals surface area contributed by atoms with E-state index < -0.39 is 0 Å². The summed E-state index contributed by atoms with van der Waals surface area (Å²) in [5.41, 5.74) is 9.10. The van der Waals surface area contributed by atoms with Crippen molar-refractivity contribution in [1.29, 1.82) is 0 Å². The van der Waals surface area contributed by atoms with Crippen molar-refractivity contribution in [2.75, 3.05) is 13.2 Å². The molecule has 0 fully saturated rings. The molecular weight excluding hydrogens is 250 g/mol. The zero-order valence-electron chi connectivity index (χ0n) is 12.2. The molecule has 4 nitrogen and oxygen atoms in total. The van der Waals surface area contributed by atoms with Crippen LogP contribution in [0.2, 0.25) is 0 Å². The molecule has 1 unspecified atom stereocenters. The Kier molecular flexibility index (Phi) is 4.57. The molecule has 1 aromatic carbocycles. The minimum absolute atomic E-state index is 0.0623. The first-order valence-corrected chi connectivity index (χ1v) is 6.95. The van der Waals surface area contributed by atoms with Crippen molar-refractivity contribution in [3.63, 3.8) is 0 Å². The Labute approximate surface area is 120 Å². The monoisotopic (exact) mass is 273 g/mol. The summed E-state index contributed by atoms with van der Waals surface area (Å²) in [5, 5.41) is 14.1. The molecule has 0 saturated heterocycles. The van der Waals surface area contributed by atoms with Crippen molar-refractivity contribution in [2.24, 2.45) is 12.8 Å². The number of aromatic nitrogens is 2. The standard InChI is InChI=1S/C16H23N3O/c1-13-3-5-15(6-4-13)16(11-17,12-20)8-7-14-9-18-19(2)10-14/h3-6,9-10,20H,7-8,11-12,17H2,1-2H3. The molecule has 2 aromatic rings. The van der Waals surface area contributed by atoms with E-state index in [4.69, 9.17) is 5.73 Å². The molecular formula is C16H23N3O. The third-order valence-corrected chi connectivity index (χ3v) is 4.01. The fraction of sp³-hybridized carbons (Fsp3) is 0.438. The van der Waals surface area contributed by atoms with Crippen molar-refractivity contribution in [3.8, 4) is 0 Å². The third kappa shape index (κ3) is 3.08. The average molecular weight is 273 g/mol. The molecule has 0 bridgehead atoms. The lowest BCUT2D eigenvalue weighted by Crippen LogP contribution is -2.39. The molecule has 1 aromatic heterocycles. The van der Waals surface area contributed by atoms with Crippen molar-refractivity contribution in [3.05, 3.63) is 53.3 Å². The molecule has 0 aliphatic rings. The zero-order valence-corrected chi connectivity index (χ0v) is 12.2. The second-order valence-electron chi connectivity index (χ2n) is 5.53. The second kappa shape index (κ2) is 6.20. The Morgan fingerprint density at radius 3 is 2.50 bits per heavy atom. The Hall–Kier alpha value is -1.65. The van der Waals surface area contributed by atoms with Crippen LogP contribution in [0.4, 0.5) is 0 Å². The fourth-order valence-electron chi connectivity index (χ4n) is 2.49. The van der Waals surface area contributed by atoms with E-state index in [-0.39, 0.29) is 12.0 Å². The van der Waals surface area contributed by atoms with E-state index in [0.29, 0.717) is 6.54 Å². The number of nitrogens with two attached hydrogens (primary N) is 1. The van der Waals surface area contributed by atoms with Crippen LogP contribution in [0.1, 0.15) is 23.1 Å². The molecule has 4 heteroatoms. The summed E-state index contributed by atoms with van der Waals surface area (Å²) < 4.78 is 1.80. The predicted molar refractivity (Wildman–Crippen MR) is 80.5 cm³/mol. The van der Waals surface area contributed by atoms with Gasteiger partial charge in [0.15, 0.2) is 0 Å². The molecule has 0 aliphatic heterocycles. The van der Waals surface area contributed by atoms with Gasteiger partial charge >= 0.3 is 0 Å². The topological polar surface area (TPSA) is 64.1 Å². The summed E-state index contributed by atoms with van der Waals surface area (Å²) in [7, 11) is 1.91. The lowest BCUT2D eigenvalue weighted by molar-refractivity contribution is 0.188. The highest BCUT2D eigenvalue weighted by Gasteiger charge is 2.29. The van der Waals surface area contributed by atoms with E-state index in [1.165, 1.54) is 11.1 Å². The molecule has 0 radical (unpaired) electrons. The number of aliphatic hydroxyl groups excluding tert-OH is 1. The number of nitrogens with zero attached hydrogens (tertiary/aromatic N) is 2. The first-order valence-electron chi connectivity index (χ1n) is 6.95. The van der Waals surface area contributed by atoms with Crippen LogP contribution < -0.4 is 5.73 Å². The van der Waals surface area contributed by atoms with Gasteiger partial charge in [-0.25, -0.2) is 0 Å². The molecule has 108 valence electrons. The quantitative estimate of drug-likeness (QED) is 0.839. The van der Waals surface area contributed by atoms with Crippen LogP contribution in [0.5, 0.6) is 0 Å². The largest absolute Gasteiger partial charge is 0.395 e. The van der Waals surface area contributed by atoms with E-state index >= 15 is 0 Å². The number of aryl methyl sites for hydroxylation is 3. The second-order valence-corrected chi connectivity index (χ2v) is 5.53. The molecule has 3 N–H and O–H groups in total. The summed E-state index contributed by atoms with van der Waals surface area (Å²) in [6, 6.07) is 8.28. The summed E-state index contributed by atoms with van der Waals surface area (Å²) >= 11 is 0. The van der Waals surface area contributed by atoms with Crippen molar-refractivity contribution in [1.82, 2.24) is 9.78 Å². The van der Waals surface area contributed by atoms with E-state index in [2.05, 4.69) is 36.3 Å². The van der Waals surface area contributed by atoms with Crippen LogP contribution in [0.3, 0.4) is 0 Å². The van der Waals surface area contributed by atoms with Crippen LogP contribution in [-0.4, -0.2) is 28.0 Å². The van der Waals surface area contributed by atoms with Gasteiger partial charge in [0, 0.05) is 25.2 Å². The smallest absolute Gasteiger partial charge is 0.0540 e. The van der Waals surface area contributed by atoms with Gasteiger partial charge < -0.3 is 10.8 Å². The summed E-state index contributed by atoms with van der Waals surface area (Å²) in [6.07, 6.45) is 5.55. The van der Waals surface area contributed by atoms with Crippen LogP contribution in [0.15, 0.2) is 36.7 Å². The van der Waals surface area contributed by atoms with Gasteiger partial charge in [-0.2, -0.15) is 5.10 Å². The number of aliphatic hydroxyl groups is 1. The highest BCUT2D eigenvalue weighted by atomic mass is 16.3. The SMILES string of the molecule is Cc1ccc(C(CN)(CO)CCc2cnn(C)c2)cc1. The zero-order chi connectivity index (χ0) is 14.6. The number of hydrogen-bond donors (Lipinski definition) is 2. The maximum atomic E-state index is 9.88. The maximum Gasteiger partial charge on any atom is 0.0540 e. The van der Waals surface area contributed by atoms with Crippen LogP contribution in [0.25, 0.3) is 0 Å².